The summed E-state index contributed by atoms with van der Waals surface area (Å²) in [4.78, 5) is 13.0. The van der Waals surface area contributed by atoms with E-state index in [-0.39, 0.29) is 17.7 Å². The number of nitrogens with one attached hydrogen (secondary N) is 1. The Morgan fingerprint density at radius 3 is 2.47 bits per heavy atom. The molecule has 0 radical (unpaired) electrons. The van der Waals surface area contributed by atoms with Crippen LogP contribution in [0.1, 0.15) is 39.7 Å². The number of carbonyl (C=O) groups is 1. The van der Waals surface area contributed by atoms with Gasteiger partial charge in [0.15, 0.2) is 5.76 Å². The summed E-state index contributed by atoms with van der Waals surface area (Å²) in [6, 6.07) is 17.9. The average molecular weight is 423 g/mol. The standard InChI is InChI=1S/C22H21N3O4S/c1-15-6-3-4-7-18(15)20-14-19(23-25(20)22(26)21-8-5-13-29-21)16-9-11-17(12-10-16)24-30(2,27)28/h3-13,20,24H,14H2,1-2H3. The summed E-state index contributed by atoms with van der Waals surface area (Å²) < 4.78 is 30.6. The SMILES string of the molecule is Cc1ccccc1C1CC(c2ccc(NS(C)(=O)=O)cc2)=NN1C(=O)c1ccco1. The van der Waals surface area contributed by atoms with Crippen LogP contribution in [-0.4, -0.2) is 31.3 Å². The number of amides is 1. The first-order valence-electron chi connectivity index (χ1n) is 9.40. The van der Waals surface area contributed by atoms with Gasteiger partial charge in [0.1, 0.15) is 0 Å². The van der Waals surface area contributed by atoms with Gasteiger partial charge in [-0.25, -0.2) is 13.4 Å². The van der Waals surface area contributed by atoms with Crippen LogP contribution in [-0.2, 0) is 10.0 Å². The largest absolute Gasteiger partial charge is 0.459 e. The number of benzene rings is 2. The van der Waals surface area contributed by atoms with Crippen molar-refractivity contribution in [2.45, 2.75) is 19.4 Å². The highest BCUT2D eigenvalue weighted by molar-refractivity contribution is 7.92. The quantitative estimate of drug-likeness (QED) is 0.673. The molecular formula is C22H21N3O4S. The number of carbonyl (C=O) groups excluding carboxylic acids is 1. The summed E-state index contributed by atoms with van der Waals surface area (Å²) in [6.07, 6.45) is 3.10. The van der Waals surface area contributed by atoms with E-state index < -0.39 is 10.0 Å². The zero-order valence-electron chi connectivity index (χ0n) is 16.6. The van der Waals surface area contributed by atoms with Crippen LogP contribution in [0, 0.1) is 6.92 Å². The van der Waals surface area contributed by atoms with E-state index in [2.05, 4.69) is 9.82 Å². The van der Waals surface area contributed by atoms with Gasteiger partial charge in [0, 0.05) is 12.1 Å². The van der Waals surface area contributed by atoms with Crippen molar-refractivity contribution in [1.82, 2.24) is 5.01 Å². The maximum absolute atomic E-state index is 13.0. The molecule has 8 heteroatoms. The van der Waals surface area contributed by atoms with Gasteiger partial charge in [-0.3, -0.25) is 9.52 Å². The fourth-order valence-corrected chi connectivity index (χ4v) is 4.10. The summed E-state index contributed by atoms with van der Waals surface area (Å²) in [7, 11) is -3.35. The number of hydrazone groups is 1. The second kappa shape index (κ2) is 7.79. The van der Waals surface area contributed by atoms with E-state index in [1.165, 1.54) is 11.3 Å². The molecule has 7 nitrogen and oxygen atoms in total. The number of rotatable bonds is 5. The van der Waals surface area contributed by atoms with Gasteiger partial charge in [-0.15, -0.1) is 0 Å². The Hall–Kier alpha value is -3.39. The van der Waals surface area contributed by atoms with E-state index in [0.717, 1.165) is 28.7 Å². The number of hydrogen-bond donors (Lipinski definition) is 1. The fraction of sp³-hybridized carbons (Fsp3) is 0.182. The van der Waals surface area contributed by atoms with Crippen molar-refractivity contribution in [3.05, 3.63) is 89.4 Å². The molecular weight excluding hydrogens is 402 g/mol. The molecule has 0 aliphatic carbocycles. The number of sulfonamides is 1. The van der Waals surface area contributed by atoms with E-state index in [9.17, 15) is 13.2 Å². The number of hydrogen-bond acceptors (Lipinski definition) is 5. The lowest BCUT2D eigenvalue weighted by Gasteiger charge is -2.22. The molecule has 1 aliphatic heterocycles. The smallest absolute Gasteiger partial charge is 0.310 e. The zero-order chi connectivity index (χ0) is 21.3. The van der Waals surface area contributed by atoms with Crippen LogP contribution in [0.15, 0.2) is 76.4 Å². The second-order valence-electron chi connectivity index (χ2n) is 7.20. The monoisotopic (exact) mass is 423 g/mol. The lowest BCUT2D eigenvalue weighted by Crippen LogP contribution is -2.27. The Kier molecular flexibility index (Phi) is 5.17. The van der Waals surface area contributed by atoms with Crippen LogP contribution >= 0.6 is 0 Å². The molecule has 0 fully saturated rings. The molecule has 0 saturated heterocycles. The maximum Gasteiger partial charge on any atom is 0.310 e. The van der Waals surface area contributed by atoms with Crippen LogP contribution in [0.2, 0.25) is 0 Å². The van der Waals surface area contributed by atoms with Gasteiger partial charge in [0.25, 0.3) is 0 Å². The van der Waals surface area contributed by atoms with E-state index >= 15 is 0 Å². The number of anilines is 1. The molecule has 1 atom stereocenters. The summed E-state index contributed by atoms with van der Waals surface area (Å²) in [6.45, 7) is 2.01. The first kappa shape index (κ1) is 19.9. The van der Waals surface area contributed by atoms with E-state index in [1.807, 2.05) is 31.2 Å². The first-order valence-corrected chi connectivity index (χ1v) is 11.3. The van der Waals surface area contributed by atoms with Crippen LogP contribution in [0.5, 0.6) is 0 Å². The minimum Gasteiger partial charge on any atom is -0.459 e. The van der Waals surface area contributed by atoms with Gasteiger partial charge in [-0.05, 0) is 47.9 Å². The van der Waals surface area contributed by atoms with E-state index in [0.29, 0.717) is 12.1 Å². The van der Waals surface area contributed by atoms with Gasteiger partial charge in [0.05, 0.1) is 24.3 Å². The number of nitrogens with zero attached hydrogens (tertiary/aromatic N) is 2. The van der Waals surface area contributed by atoms with Crippen LogP contribution in [0.25, 0.3) is 0 Å². The second-order valence-corrected chi connectivity index (χ2v) is 8.95. The zero-order valence-corrected chi connectivity index (χ0v) is 17.4. The Labute approximate surface area is 175 Å². The molecule has 1 aromatic heterocycles. The highest BCUT2D eigenvalue weighted by atomic mass is 32.2. The third-order valence-corrected chi connectivity index (χ3v) is 5.53. The summed E-state index contributed by atoms with van der Waals surface area (Å²) >= 11 is 0. The molecule has 0 spiro atoms. The molecule has 3 aromatic rings. The molecule has 30 heavy (non-hydrogen) atoms. The topological polar surface area (TPSA) is 92.0 Å². The number of furan rings is 1. The van der Waals surface area contributed by atoms with Crippen molar-refractivity contribution in [3.8, 4) is 0 Å². The minimum atomic E-state index is -3.35. The molecule has 1 amide bonds. The Bertz CT molecular complexity index is 1200. The molecule has 1 aliphatic rings. The van der Waals surface area contributed by atoms with Crippen molar-refractivity contribution in [2.75, 3.05) is 11.0 Å². The maximum atomic E-state index is 13.0. The molecule has 0 saturated carbocycles. The van der Waals surface area contributed by atoms with Crippen molar-refractivity contribution < 1.29 is 17.6 Å². The van der Waals surface area contributed by atoms with E-state index in [4.69, 9.17) is 4.42 Å². The van der Waals surface area contributed by atoms with Gasteiger partial charge in [-0.2, -0.15) is 5.10 Å². The summed E-state index contributed by atoms with van der Waals surface area (Å²) in [5.74, 6) is -0.0788. The van der Waals surface area contributed by atoms with Gasteiger partial charge >= 0.3 is 5.91 Å². The first-order chi connectivity index (χ1) is 14.3. The fourth-order valence-electron chi connectivity index (χ4n) is 3.53. The van der Waals surface area contributed by atoms with Crippen LogP contribution in [0.4, 0.5) is 5.69 Å². The van der Waals surface area contributed by atoms with Crippen molar-refractivity contribution in [3.63, 3.8) is 0 Å². The highest BCUT2D eigenvalue weighted by Crippen LogP contribution is 2.35. The van der Waals surface area contributed by atoms with Crippen molar-refractivity contribution >= 4 is 27.3 Å². The van der Waals surface area contributed by atoms with Gasteiger partial charge < -0.3 is 4.42 Å². The molecule has 1 unspecified atom stereocenters. The lowest BCUT2D eigenvalue weighted by atomic mass is 9.95. The van der Waals surface area contributed by atoms with Crippen LogP contribution < -0.4 is 4.72 Å². The van der Waals surface area contributed by atoms with Gasteiger partial charge in [-0.1, -0.05) is 36.4 Å². The number of aryl methyl sites for hydroxylation is 1. The average Bonchev–Trinajstić information content (AvgIpc) is 3.38. The molecule has 4 rings (SSSR count). The Balaban J connectivity index is 1.68. The predicted molar refractivity (Wildman–Crippen MR) is 115 cm³/mol. The third kappa shape index (κ3) is 4.13. The van der Waals surface area contributed by atoms with Crippen molar-refractivity contribution in [2.24, 2.45) is 5.10 Å². The van der Waals surface area contributed by atoms with Crippen LogP contribution in [0.3, 0.4) is 0 Å². The van der Waals surface area contributed by atoms with Gasteiger partial charge in [0.2, 0.25) is 10.0 Å². The minimum absolute atomic E-state index is 0.228. The predicted octanol–water partition coefficient (Wildman–Crippen LogP) is 3.95. The molecule has 2 aromatic carbocycles. The normalized spacial score (nSPS) is 16.4. The highest BCUT2D eigenvalue weighted by Gasteiger charge is 2.35. The van der Waals surface area contributed by atoms with E-state index in [1.54, 1.807) is 36.4 Å². The molecule has 2 heterocycles. The Morgan fingerprint density at radius 2 is 1.83 bits per heavy atom. The molecule has 0 bridgehead atoms. The van der Waals surface area contributed by atoms with Crippen molar-refractivity contribution in [1.29, 1.82) is 0 Å². The molecule has 1 N–H and O–H groups in total. The summed E-state index contributed by atoms with van der Waals surface area (Å²) in [5.41, 5.74) is 4.13. The Morgan fingerprint density at radius 1 is 1.10 bits per heavy atom. The summed E-state index contributed by atoms with van der Waals surface area (Å²) in [5, 5.41) is 6.09. The third-order valence-electron chi connectivity index (χ3n) is 4.92. The lowest BCUT2D eigenvalue weighted by molar-refractivity contribution is 0.0678. The molecule has 154 valence electrons.